The molecule has 7 heteroatoms. The predicted molar refractivity (Wildman–Crippen MR) is 83.9 cm³/mol. The highest BCUT2D eigenvalue weighted by Gasteiger charge is 2.29. The Morgan fingerprint density at radius 1 is 1.43 bits per heavy atom. The third-order valence-electron chi connectivity index (χ3n) is 4.53. The van der Waals surface area contributed by atoms with Crippen LogP contribution in [0.3, 0.4) is 0 Å². The molecule has 0 saturated carbocycles. The summed E-state index contributed by atoms with van der Waals surface area (Å²) in [7, 11) is 0. The van der Waals surface area contributed by atoms with E-state index in [1.165, 1.54) is 6.42 Å². The van der Waals surface area contributed by atoms with Gasteiger partial charge in [-0.3, -0.25) is 14.3 Å². The van der Waals surface area contributed by atoms with E-state index in [9.17, 15) is 9.59 Å². The summed E-state index contributed by atoms with van der Waals surface area (Å²) >= 11 is 0. The van der Waals surface area contributed by atoms with Gasteiger partial charge in [0.25, 0.3) is 5.91 Å². The van der Waals surface area contributed by atoms with E-state index in [0.717, 1.165) is 25.9 Å². The molecular weight excluding hydrogens is 296 g/mol. The van der Waals surface area contributed by atoms with Gasteiger partial charge in [-0.05, 0) is 32.6 Å². The largest absolute Gasteiger partial charge is 0.376 e. The van der Waals surface area contributed by atoms with E-state index in [2.05, 4.69) is 10.4 Å². The molecule has 0 bridgehead atoms. The van der Waals surface area contributed by atoms with Crippen molar-refractivity contribution in [1.29, 1.82) is 0 Å². The number of hydrogen-bond acceptors (Lipinski definition) is 4. The first-order chi connectivity index (χ1) is 11.1. The highest BCUT2D eigenvalue weighted by atomic mass is 16.5. The van der Waals surface area contributed by atoms with E-state index in [0.29, 0.717) is 25.2 Å². The van der Waals surface area contributed by atoms with Crippen LogP contribution >= 0.6 is 0 Å². The molecule has 2 atom stereocenters. The monoisotopic (exact) mass is 320 g/mol. The van der Waals surface area contributed by atoms with Crippen molar-refractivity contribution in [2.45, 2.75) is 51.3 Å². The Hall–Kier alpha value is -1.89. The van der Waals surface area contributed by atoms with Crippen LogP contribution in [0.5, 0.6) is 0 Å². The first-order valence-corrected chi connectivity index (χ1v) is 8.38. The lowest BCUT2D eigenvalue weighted by Crippen LogP contribution is -2.45. The SMILES string of the molecule is CC1C(=O)NCCCN1C(=O)c1cnn(CC2CCCCO2)c1. The molecule has 2 fully saturated rings. The van der Waals surface area contributed by atoms with Gasteiger partial charge in [-0.25, -0.2) is 0 Å². The Morgan fingerprint density at radius 2 is 2.30 bits per heavy atom. The summed E-state index contributed by atoms with van der Waals surface area (Å²) in [4.78, 5) is 26.2. The Morgan fingerprint density at radius 3 is 3.09 bits per heavy atom. The second kappa shape index (κ2) is 7.12. The molecule has 1 aromatic heterocycles. The number of nitrogens with zero attached hydrogens (tertiary/aromatic N) is 3. The lowest BCUT2D eigenvalue weighted by molar-refractivity contribution is -0.124. The van der Waals surface area contributed by atoms with E-state index in [1.54, 1.807) is 28.9 Å². The van der Waals surface area contributed by atoms with Crippen LogP contribution in [0, 0.1) is 0 Å². The normalized spacial score (nSPS) is 25.8. The topological polar surface area (TPSA) is 76.5 Å². The molecule has 7 nitrogen and oxygen atoms in total. The van der Waals surface area contributed by atoms with Gasteiger partial charge in [0.05, 0.1) is 24.4 Å². The fourth-order valence-corrected chi connectivity index (χ4v) is 3.12. The lowest BCUT2D eigenvalue weighted by atomic mass is 10.1. The average molecular weight is 320 g/mol. The van der Waals surface area contributed by atoms with Crippen molar-refractivity contribution in [1.82, 2.24) is 20.0 Å². The number of carbonyl (C=O) groups is 2. The molecule has 0 radical (unpaired) electrons. The third kappa shape index (κ3) is 3.72. The molecule has 2 unspecified atom stereocenters. The third-order valence-corrected chi connectivity index (χ3v) is 4.53. The van der Waals surface area contributed by atoms with Crippen molar-refractivity contribution in [2.24, 2.45) is 0 Å². The zero-order valence-corrected chi connectivity index (χ0v) is 13.5. The molecule has 0 aromatic carbocycles. The minimum Gasteiger partial charge on any atom is -0.376 e. The Bertz CT molecular complexity index is 565. The molecule has 2 saturated heterocycles. The van der Waals surface area contributed by atoms with Gasteiger partial charge in [0.15, 0.2) is 0 Å². The predicted octanol–water partition coefficient (Wildman–Crippen LogP) is 0.803. The maximum absolute atomic E-state index is 12.7. The first-order valence-electron chi connectivity index (χ1n) is 8.38. The minimum atomic E-state index is -0.449. The van der Waals surface area contributed by atoms with E-state index < -0.39 is 6.04 Å². The minimum absolute atomic E-state index is 0.0983. The highest BCUT2D eigenvalue weighted by Crippen LogP contribution is 2.15. The lowest BCUT2D eigenvalue weighted by Gasteiger charge is -2.25. The van der Waals surface area contributed by atoms with Crippen LogP contribution in [-0.4, -0.2) is 58.3 Å². The maximum Gasteiger partial charge on any atom is 0.257 e. The number of aromatic nitrogens is 2. The summed E-state index contributed by atoms with van der Waals surface area (Å²) in [6.45, 7) is 4.43. The standard InChI is InChI=1S/C16H24N4O3/c1-12-15(21)17-6-4-7-20(12)16(22)13-9-18-19(10-13)11-14-5-2-3-8-23-14/h9-10,12,14H,2-8,11H2,1H3,(H,17,21). The first kappa shape index (κ1) is 16.0. The Labute approximate surface area is 136 Å². The number of amides is 2. The van der Waals surface area contributed by atoms with Crippen LogP contribution in [0.2, 0.25) is 0 Å². The molecule has 3 rings (SSSR count). The van der Waals surface area contributed by atoms with Crippen molar-refractivity contribution in [3.05, 3.63) is 18.0 Å². The molecule has 3 heterocycles. The van der Waals surface area contributed by atoms with E-state index >= 15 is 0 Å². The van der Waals surface area contributed by atoms with Crippen LogP contribution in [0.15, 0.2) is 12.4 Å². The van der Waals surface area contributed by atoms with E-state index in [1.807, 2.05) is 0 Å². The molecule has 2 aliphatic heterocycles. The van der Waals surface area contributed by atoms with Gasteiger partial charge < -0.3 is 15.0 Å². The zero-order chi connectivity index (χ0) is 16.2. The van der Waals surface area contributed by atoms with Gasteiger partial charge in [0, 0.05) is 25.9 Å². The average Bonchev–Trinajstić information content (AvgIpc) is 2.96. The molecular formula is C16H24N4O3. The fraction of sp³-hybridized carbons (Fsp3) is 0.688. The fourth-order valence-electron chi connectivity index (χ4n) is 3.12. The van der Waals surface area contributed by atoms with Crippen LogP contribution in [0.1, 0.15) is 43.0 Å². The molecule has 126 valence electrons. The summed E-state index contributed by atoms with van der Waals surface area (Å²) in [5, 5.41) is 7.10. The molecule has 1 aromatic rings. The van der Waals surface area contributed by atoms with Gasteiger partial charge in [-0.1, -0.05) is 0 Å². The summed E-state index contributed by atoms with van der Waals surface area (Å²) < 4.78 is 7.48. The van der Waals surface area contributed by atoms with Gasteiger partial charge in [-0.15, -0.1) is 0 Å². The van der Waals surface area contributed by atoms with Gasteiger partial charge in [0.1, 0.15) is 6.04 Å². The smallest absolute Gasteiger partial charge is 0.257 e. The van der Waals surface area contributed by atoms with Gasteiger partial charge in [0.2, 0.25) is 5.91 Å². The van der Waals surface area contributed by atoms with Crippen molar-refractivity contribution in [3.8, 4) is 0 Å². The van der Waals surface area contributed by atoms with Crippen LogP contribution < -0.4 is 5.32 Å². The molecule has 2 aliphatic rings. The zero-order valence-electron chi connectivity index (χ0n) is 13.5. The molecule has 23 heavy (non-hydrogen) atoms. The number of rotatable bonds is 3. The molecule has 0 spiro atoms. The summed E-state index contributed by atoms with van der Waals surface area (Å²) in [5.74, 6) is -0.232. The second-order valence-corrected chi connectivity index (χ2v) is 6.26. The number of carbonyl (C=O) groups excluding carboxylic acids is 2. The molecule has 2 amide bonds. The maximum atomic E-state index is 12.7. The Balaban J connectivity index is 1.66. The van der Waals surface area contributed by atoms with Gasteiger partial charge in [-0.2, -0.15) is 5.10 Å². The van der Waals surface area contributed by atoms with E-state index in [4.69, 9.17) is 4.74 Å². The number of nitrogens with one attached hydrogen (secondary N) is 1. The van der Waals surface area contributed by atoms with Crippen molar-refractivity contribution >= 4 is 11.8 Å². The quantitative estimate of drug-likeness (QED) is 0.894. The summed E-state index contributed by atoms with van der Waals surface area (Å²) in [6.07, 6.45) is 7.62. The second-order valence-electron chi connectivity index (χ2n) is 6.26. The van der Waals surface area contributed by atoms with Crippen molar-refractivity contribution < 1.29 is 14.3 Å². The number of ether oxygens (including phenoxy) is 1. The van der Waals surface area contributed by atoms with Crippen LogP contribution in [-0.2, 0) is 16.1 Å². The summed E-state index contributed by atoms with van der Waals surface area (Å²) in [5.41, 5.74) is 0.530. The molecule has 0 aliphatic carbocycles. The van der Waals surface area contributed by atoms with Crippen LogP contribution in [0.25, 0.3) is 0 Å². The van der Waals surface area contributed by atoms with E-state index in [-0.39, 0.29) is 17.9 Å². The van der Waals surface area contributed by atoms with Crippen molar-refractivity contribution in [3.63, 3.8) is 0 Å². The van der Waals surface area contributed by atoms with Gasteiger partial charge >= 0.3 is 0 Å². The summed E-state index contributed by atoms with van der Waals surface area (Å²) in [6, 6.07) is -0.449. The number of hydrogen-bond donors (Lipinski definition) is 1. The molecule has 1 N–H and O–H groups in total. The van der Waals surface area contributed by atoms with Crippen molar-refractivity contribution in [2.75, 3.05) is 19.7 Å². The van der Waals surface area contributed by atoms with Crippen LogP contribution in [0.4, 0.5) is 0 Å². The highest BCUT2D eigenvalue weighted by molar-refractivity contribution is 5.97. The Kier molecular flexibility index (Phi) is 4.95.